The van der Waals surface area contributed by atoms with Crippen molar-refractivity contribution in [3.63, 3.8) is 0 Å². The predicted molar refractivity (Wildman–Crippen MR) is 70.8 cm³/mol. The molecule has 2 unspecified atom stereocenters. The first-order chi connectivity index (χ1) is 9.00. The van der Waals surface area contributed by atoms with Gasteiger partial charge in [-0.05, 0) is 12.5 Å². The Morgan fingerprint density at radius 2 is 2.05 bits per heavy atom. The van der Waals surface area contributed by atoms with Crippen LogP contribution in [0.3, 0.4) is 0 Å². The zero-order valence-electron chi connectivity index (χ0n) is 11.1. The molecule has 2 rings (SSSR count). The van der Waals surface area contributed by atoms with E-state index in [4.69, 9.17) is 5.11 Å². The Bertz CT molecular complexity index is 475. The van der Waals surface area contributed by atoms with Crippen molar-refractivity contribution in [3.8, 4) is 0 Å². The molecule has 0 radical (unpaired) electrons. The Morgan fingerprint density at radius 3 is 2.63 bits per heavy atom. The molecule has 1 heterocycles. The van der Waals surface area contributed by atoms with Gasteiger partial charge >= 0.3 is 12.0 Å². The second-order valence-corrected chi connectivity index (χ2v) is 4.91. The van der Waals surface area contributed by atoms with Gasteiger partial charge in [-0.15, -0.1) is 0 Å². The lowest BCUT2D eigenvalue weighted by atomic mass is 10.0. The van der Waals surface area contributed by atoms with E-state index in [2.05, 4.69) is 0 Å². The number of nitrogens with zero attached hydrogens (tertiary/aromatic N) is 2. The van der Waals surface area contributed by atoms with E-state index < -0.39 is 5.97 Å². The van der Waals surface area contributed by atoms with E-state index in [0.717, 1.165) is 5.56 Å². The third kappa shape index (κ3) is 2.70. The van der Waals surface area contributed by atoms with Crippen LogP contribution in [0.4, 0.5) is 4.79 Å². The lowest BCUT2D eigenvalue weighted by molar-refractivity contribution is -0.138. The predicted octanol–water partition coefficient (Wildman–Crippen LogP) is 1.96. The molecular formula is C14H18N2O3. The van der Waals surface area contributed by atoms with Crippen molar-refractivity contribution in [2.24, 2.45) is 0 Å². The number of hydrogen-bond acceptors (Lipinski definition) is 2. The SMILES string of the molecule is CC(c1ccccc1)N1C(=O)N(C)CC1CC(=O)O. The molecule has 0 aliphatic carbocycles. The quantitative estimate of drug-likeness (QED) is 0.902. The maximum atomic E-state index is 12.2. The molecule has 1 fully saturated rings. The number of amides is 2. The Balaban J connectivity index is 2.24. The fraction of sp³-hybridized carbons (Fsp3) is 0.429. The average molecular weight is 262 g/mol. The third-order valence-corrected chi connectivity index (χ3v) is 3.53. The van der Waals surface area contributed by atoms with E-state index in [1.807, 2.05) is 37.3 Å². The normalized spacial score (nSPS) is 20.7. The molecule has 102 valence electrons. The van der Waals surface area contributed by atoms with Crippen LogP contribution in [0.15, 0.2) is 30.3 Å². The van der Waals surface area contributed by atoms with Gasteiger partial charge < -0.3 is 14.9 Å². The van der Waals surface area contributed by atoms with Gasteiger partial charge in [0.1, 0.15) is 0 Å². The molecule has 1 saturated heterocycles. The monoisotopic (exact) mass is 262 g/mol. The second-order valence-electron chi connectivity index (χ2n) is 4.91. The third-order valence-electron chi connectivity index (χ3n) is 3.53. The van der Waals surface area contributed by atoms with Crippen molar-refractivity contribution in [2.75, 3.05) is 13.6 Å². The molecular weight excluding hydrogens is 244 g/mol. The van der Waals surface area contributed by atoms with Gasteiger partial charge in [-0.1, -0.05) is 30.3 Å². The minimum absolute atomic E-state index is 0.0206. The summed E-state index contributed by atoms with van der Waals surface area (Å²) in [7, 11) is 1.70. The van der Waals surface area contributed by atoms with E-state index in [1.165, 1.54) is 0 Å². The van der Waals surface area contributed by atoms with Gasteiger partial charge in [-0.3, -0.25) is 4.79 Å². The van der Waals surface area contributed by atoms with Gasteiger partial charge in [0, 0.05) is 13.6 Å². The summed E-state index contributed by atoms with van der Waals surface area (Å²) in [6.07, 6.45) is -0.0206. The summed E-state index contributed by atoms with van der Waals surface area (Å²) >= 11 is 0. The van der Waals surface area contributed by atoms with Crippen LogP contribution in [-0.4, -0.2) is 46.5 Å². The maximum absolute atomic E-state index is 12.2. The minimum Gasteiger partial charge on any atom is -0.481 e. The van der Waals surface area contributed by atoms with Gasteiger partial charge in [0.15, 0.2) is 0 Å². The van der Waals surface area contributed by atoms with E-state index in [9.17, 15) is 9.59 Å². The highest BCUT2D eigenvalue weighted by Crippen LogP contribution is 2.29. The summed E-state index contributed by atoms with van der Waals surface area (Å²) in [6.45, 7) is 2.39. The van der Waals surface area contributed by atoms with Crippen LogP contribution >= 0.6 is 0 Å². The first-order valence-corrected chi connectivity index (χ1v) is 6.31. The van der Waals surface area contributed by atoms with Gasteiger partial charge in [-0.2, -0.15) is 0 Å². The average Bonchev–Trinajstić information content (AvgIpc) is 2.64. The van der Waals surface area contributed by atoms with Crippen molar-refractivity contribution < 1.29 is 14.7 Å². The Labute approximate surface area is 112 Å². The van der Waals surface area contributed by atoms with Gasteiger partial charge in [0.2, 0.25) is 0 Å². The molecule has 1 aromatic carbocycles. The first kappa shape index (κ1) is 13.4. The summed E-state index contributed by atoms with van der Waals surface area (Å²) in [6, 6.07) is 9.16. The summed E-state index contributed by atoms with van der Waals surface area (Å²) in [4.78, 5) is 26.3. The lowest BCUT2D eigenvalue weighted by Gasteiger charge is -2.29. The van der Waals surface area contributed by atoms with Crippen LogP contribution < -0.4 is 0 Å². The molecule has 1 aromatic rings. The molecule has 2 atom stereocenters. The fourth-order valence-corrected chi connectivity index (χ4v) is 2.57. The highest BCUT2D eigenvalue weighted by molar-refractivity contribution is 5.79. The number of urea groups is 1. The number of carbonyl (C=O) groups is 2. The molecule has 0 spiro atoms. The number of carbonyl (C=O) groups excluding carboxylic acids is 1. The molecule has 2 amide bonds. The molecule has 19 heavy (non-hydrogen) atoms. The Hall–Kier alpha value is -2.04. The molecule has 0 bridgehead atoms. The van der Waals surface area contributed by atoms with Gasteiger partial charge in [0.05, 0.1) is 18.5 Å². The standard InChI is InChI=1S/C14H18N2O3/c1-10(11-6-4-3-5-7-11)16-12(8-13(17)18)9-15(2)14(16)19/h3-7,10,12H,8-9H2,1-2H3,(H,17,18). The number of rotatable bonds is 4. The summed E-state index contributed by atoms with van der Waals surface area (Å²) < 4.78 is 0. The number of carboxylic acid groups (broad SMARTS) is 1. The zero-order valence-corrected chi connectivity index (χ0v) is 11.1. The van der Waals surface area contributed by atoms with E-state index in [1.54, 1.807) is 16.8 Å². The maximum Gasteiger partial charge on any atom is 0.320 e. The topological polar surface area (TPSA) is 60.9 Å². The molecule has 1 aliphatic heterocycles. The highest BCUT2D eigenvalue weighted by atomic mass is 16.4. The molecule has 1 N–H and O–H groups in total. The van der Waals surface area contributed by atoms with Gasteiger partial charge in [-0.25, -0.2) is 4.79 Å². The number of aliphatic carboxylic acids is 1. The summed E-state index contributed by atoms with van der Waals surface area (Å²) in [5.41, 5.74) is 1.02. The first-order valence-electron chi connectivity index (χ1n) is 6.31. The van der Waals surface area contributed by atoms with Crippen LogP contribution in [0.2, 0.25) is 0 Å². The van der Waals surface area contributed by atoms with Crippen molar-refractivity contribution in [3.05, 3.63) is 35.9 Å². The Kier molecular flexibility index (Phi) is 3.74. The summed E-state index contributed by atoms with van der Waals surface area (Å²) in [5.74, 6) is -0.877. The fourth-order valence-electron chi connectivity index (χ4n) is 2.57. The lowest BCUT2D eigenvalue weighted by Crippen LogP contribution is -2.37. The second kappa shape index (κ2) is 5.30. The highest BCUT2D eigenvalue weighted by Gasteiger charge is 2.39. The summed E-state index contributed by atoms with van der Waals surface area (Å²) in [5, 5.41) is 8.96. The number of carboxylic acids is 1. The van der Waals surface area contributed by atoms with Crippen LogP contribution in [0, 0.1) is 0 Å². The molecule has 1 aliphatic rings. The minimum atomic E-state index is -0.877. The number of benzene rings is 1. The molecule has 0 aromatic heterocycles. The van der Waals surface area contributed by atoms with Crippen molar-refractivity contribution in [1.82, 2.24) is 9.80 Å². The van der Waals surface area contributed by atoms with Crippen LogP contribution in [0.25, 0.3) is 0 Å². The van der Waals surface area contributed by atoms with Crippen LogP contribution in [0.5, 0.6) is 0 Å². The molecule has 5 nitrogen and oxygen atoms in total. The van der Waals surface area contributed by atoms with Crippen LogP contribution in [0.1, 0.15) is 24.9 Å². The number of likely N-dealkylation sites (N-methyl/N-ethyl adjacent to an activating group) is 1. The van der Waals surface area contributed by atoms with Crippen molar-refractivity contribution in [1.29, 1.82) is 0 Å². The number of hydrogen-bond donors (Lipinski definition) is 1. The van der Waals surface area contributed by atoms with Gasteiger partial charge in [0.25, 0.3) is 0 Å². The van der Waals surface area contributed by atoms with Crippen LogP contribution in [-0.2, 0) is 4.79 Å². The largest absolute Gasteiger partial charge is 0.481 e. The Morgan fingerprint density at radius 1 is 1.42 bits per heavy atom. The van der Waals surface area contributed by atoms with E-state index >= 15 is 0 Å². The zero-order chi connectivity index (χ0) is 14.0. The molecule has 5 heteroatoms. The smallest absolute Gasteiger partial charge is 0.320 e. The van der Waals surface area contributed by atoms with Crippen molar-refractivity contribution >= 4 is 12.0 Å². The molecule has 0 saturated carbocycles. The van der Waals surface area contributed by atoms with Crippen molar-refractivity contribution in [2.45, 2.75) is 25.4 Å². The van der Waals surface area contributed by atoms with E-state index in [0.29, 0.717) is 6.54 Å². The van der Waals surface area contributed by atoms with E-state index in [-0.39, 0.29) is 24.5 Å².